The predicted molar refractivity (Wildman–Crippen MR) is 278 cm³/mol. The van der Waals surface area contributed by atoms with Crippen LogP contribution in [0.1, 0.15) is 82.8 Å². The fourth-order valence-electron chi connectivity index (χ4n) is 10.6. The molecule has 1 saturated heterocycles. The van der Waals surface area contributed by atoms with Crippen LogP contribution in [0, 0.1) is 0 Å². The highest BCUT2D eigenvalue weighted by molar-refractivity contribution is 7.87. The minimum Gasteiger partial charge on any atom is -0.744 e. The molecule has 3 aliphatic heterocycles. The number of hydrogen-bond donors (Lipinski definition) is 1. The molecule has 0 aliphatic carbocycles. The Hall–Kier alpha value is -5.83. The topological polar surface area (TPSA) is 372 Å². The molecule has 7 rings (SSSR count). The van der Waals surface area contributed by atoms with Gasteiger partial charge >= 0.3 is 5.97 Å². The largest absolute Gasteiger partial charge is 0.744 e. The monoisotopic (exact) mass is 1190 g/mol. The first-order valence-corrected chi connectivity index (χ1v) is 31.5. The van der Waals surface area contributed by atoms with Gasteiger partial charge in [0.15, 0.2) is 5.71 Å². The summed E-state index contributed by atoms with van der Waals surface area (Å²) in [6.07, 6.45) is 8.93. The molecule has 428 valence electrons. The Bertz CT molecular complexity index is 3880. The number of ether oxygens (including phenoxy) is 2. The van der Waals surface area contributed by atoms with Gasteiger partial charge in [-0.3, -0.25) is 14.1 Å². The lowest BCUT2D eigenvalue weighted by Gasteiger charge is -2.31. The summed E-state index contributed by atoms with van der Waals surface area (Å²) in [6.45, 7) is 3.71. The number of carbonyl (C=O) groups is 3. The average molecular weight is 1190 g/mol. The van der Waals surface area contributed by atoms with Crippen molar-refractivity contribution in [2.45, 2.75) is 102 Å². The molecule has 29 heteroatoms. The standard InChI is InChI=1S/C50H57N3O21S5/c1-49(21-25-72-3)42(51(23-10-6-9-14-46(56)74-53-44(54)19-20-45(53)55)38-17-15-34-36(47(38)49)28-32(76(60,61)62)30-40(34)78(66,67)68)12-7-5-8-13-43-50(2,22-26-73-4)48-37-29-33(77(63,64)65)31-41(79(69,70)71)35(37)16-18-39(48)52(43)24-11-27-75(57,58)59/h5,7-8,12-13,15-18,28-31H,6,9-11,14,19-27H2,1-4H3,(H4-,57,58,59,60,61,62,63,64,65,66,67,68,69,70,71)/p-3. The minimum atomic E-state index is -5.39. The van der Waals surface area contributed by atoms with E-state index >= 15 is 0 Å². The number of unbranched alkanes of at least 4 members (excludes halogenated alkanes) is 2. The summed E-state index contributed by atoms with van der Waals surface area (Å²) in [5, 5.41) is -0.0107. The quantitative estimate of drug-likeness (QED) is 0.0337. The SMILES string of the molecule is COCCC1(C)C(/C=C/C=C/C=C2/N(CCCCCC(=O)ON3C(=O)CCC3=O)c3ccc4c(S(=O)(=O)[O-])cc(S(=O)(=O)[O-])cc4c3C2(C)CCOC)=[N+](CCCS(=O)(=O)O)c2ccc3c(S(=O)(=O)[O-])cc(S(=O)(=O)[O-])cc3c21. The molecule has 4 aromatic rings. The van der Waals surface area contributed by atoms with Gasteiger partial charge in [0.1, 0.15) is 47.0 Å². The van der Waals surface area contributed by atoms with E-state index in [1.807, 2.05) is 4.90 Å². The van der Waals surface area contributed by atoms with Crippen LogP contribution in [0.4, 0.5) is 11.4 Å². The second-order valence-corrected chi connectivity index (χ2v) is 26.4. The summed E-state index contributed by atoms with van der Waals surface area (Å²) in [4.78, 5) is 39.6. The first kappa shape index (κ1) is 60.8. The van der Waals surface area contributed by atoms with Gasteiger partial charge in [0.2, 0.25) is 5.69 Å². The summed E-state index contributed by atoms with van der Waals surface area (Å²) in [7, 11) is -23.1. The van der Waals surface area contributed by atoms with Crippen molar-refractivity contribution < 1.29 is 98.1 Å². The van der Waals surface area contributed by atoms with Crippen LogP contribution >= 0.6 is 0 Å². The van der Waals surface area contributed by atoms with Crippen LogP contribution in [0.2, 0.25) is 0 Å². The molecule has 2 unspecified atom stereocenters. The molecule has 79 heavy (non-hydrogen) atoms. The number of methoxy groups -OCH3 is 2. The predicted octanol–water partition coefficient (Wildman–Crippen LogP) is 4.26. The normalized spacial score (nSPS) is 19.8. The number of imide groups is 1. The molecular weight excluding hydrogens is 1140 g/mol. The van der Waals surface area contributed by atoms with Crippen LogP contribution in [0.25, 0.3) is 21.5 Å². The fourth-order valence-corrected chi connectivity index (χ4v) is 13.7. The molecule has 0 saturated carbocycles. The Balaban J connectivity index is 1.35. The molecule has 0 aromatic heterocycles. The van der Waals surface area contributed by atoms with Crippen molar-refractivity contribution >= 4 is 107 Å². The van der Waals surface area contributed by atoms with E-state index in [1.165, 1.54) is 32.4 Å². The third-order valence-electron chi connectivity index (χ3n) is 14.2. The second-order valence-electron chi connectivity index (χ2n) is 19.4. The van der Waals surface area contributed by atoms with Gasteiger partial charge in [-0.15, -0.1) is 5.06 Å². The zero-order chi connectivity index (χ0) is 58.3. The maximum absolute atomic E-state index is 12.7. The van der Waals surface area contributed by atoms with Gasteiger partial charge in [-0.05, 0) is 104 Å². The van der Waals surface area contributed by atoms with Gasteiger partial charge in [0.05, 0.1) is 30.7 Å². The highest BCUT2D eigenvalue weighted by Crippen LogP contribution is 2.54. The van der Waals surface area contributed by atoms with Gasteiger partial charge in [-0.1, -0.05) is 30.7 Å². The van der Waals surface area contributed by atoms with Crippen LogP contribution in [-0.2, 0) is 90.1 Å². The lowest BCUT2D eigenvalue weighted by Crippen LogP contribution is -2.33. The minimum absolute atomic E-state index is 0.0254. The van der Waals surface area contributed by atoms with Gasteiger partial charge in [0.25, 0.3) is 21.9 Å². The third kappa shape index (κ3) is 12.9. The van der Waals surface area contributed by atoms with E-state index < -0.39 is 105 Å². The molecule has 0 spiro atoms. The summed E-state index contributed by atoms with van der Waals surface area (Å²) in [5.41, 5.74) is -0.157. The molecule has 2 amide bonds. The lowest BCUT2D eigenvalue weighted by atomic mass is 9.75. The number of carbonyl (C=O) groups excluding carboxylic acids is 3. The van der Waals surface area contributed by atoms with Crippen LogP contribution in [0.5, 0.6) is 0 Å². The van der Waals surface area contributed by atoms with E-state index in [1.54, 1.807) is 54.9 Å². The van der Waals surface area contributed by atoms with Gasteiger partial charge in [-0.25, -0.2) is 38.5 Å². The van der Waals surface area contributed by atoms with Crippen LogP contribution in [-0.4, -0.2) is 144 Å². The molecule has 4 aromatic carbocycles. The Morgan fingerprint density at radius 2 is 1.22 bits per heavy atom. The van der Waals surface area contributed by atoms with E-state index in [0.29, 0.717) is 58.4 Å². The number of rotatable bonds is 24. The maximum atomic E-state index is 12.7. The van der Waals surface area contributed by atoms with Crippen molar-refractivity contribution in [1.82, 2.24) is 5.06 Å². The molecule has 0 bridgehead atoms. The Morgan fingerprint density at radius 1 is 0.671 bits per heavy atom. The summed E-state index contributed by atoms with van der Waals surface area (Å²) in [6, 6.07) is 8.60. The van der Waals surface area contributed by atoms with Crippen molar-refractivity contribution in [2.75, 3.05) is 51.2 Å². The number of anilines is 1. The molecular formula is C50H54N3O21S5-3. The van der Waals surface area contributed by atoms with Crippen molar-refractivity contribution in [3.63, 3.8) is 0 Å². The van der Waals surface area contributed by atoms with Crippen molar-refractivity contribution in [1.29, 1.82) is 0 Å². The zero-order valence-electron chi connectivity index (χ0n) is 42.9. The van der Waals surface area contributed by atoms with E-state index in [2.05, 4.69) is 0 Å². The number of amides is 2. The molecule has 2 atom stereocenters. The molecule has 1 N–H and O–H groups in total. The number of allylic oxidation sites excluding steroid dienone is 6. The molecule has 3 heterocycles. The molecule has 0 radical (unpaired) electrons. The van der Waals surface area contributed by atoms with E-state index in [4.69, 9.17) is 14.3 Å². The molecule has 24 nitrogen and oxygen atoms in total. The zero-order valence-corrected chi connectivity index (χ0v) is 47.0. The van der Waals surface area contributed by atoms with Crippen LogP contribution in [0.15, 0.2) is 104 Å². The number of nitrogens with zero attached hydrogens (tertiary/aromatic N) is 3. The van der Waals surface area contributed by atoms with E-state index in [0.717, 1.165) is 12.1 Å². The van der Waals surface area contributed by atoms with Gasteiger partial charge in [0, 0.05) is 99.6 Å². The summed E-state index contributed by atoms with van der Waals surface area (Å²) < 4.78 is 197. The van der Waals surface area contributed by atoms with Crippen molar-refractivity contribution in [3.05, 3.63) is 95.7 Å². The first-order chi connectivity index (χ1) is 36.8. The van der Waals surface area contributed by atoms with E-state index in [9.17, 15) is 79.2 Å². The van der Waals surface area contributed by atoms with Crippen molar-refractivity contribution in [2.24, 2.45) is 0 Å². The lowest BCUT2D eigenvalue weighted by molar-refractivity contribution is -0.437. The Labute approximate surface area is 456 Å². The smallest absolute Gasteiger partial charge is 0.333 e. The highest BCUT2D eigenvalue weighted by Gasteiger charge is 2.49. The van der Waals surface area contributed by atoms with Crippen LogP contribution < -0.4 is 4.90 Å². The van der Waals surface area contributed by atoms with Gasteiger partial charge < -0.3 is 37.4 Å². The van der Waals surface area contributed by atoms with Gasteiger partial charge in [-0.2, -0.15) is 13.0 Å². The number of fused-ring (bicyclic) bond motifs is 6. The Kier molecular flexibility index (Phi) is 17.7. The molecule has 1 fully saturated rings. The second kappa shape index (κ2) is 23.0. The maximum Gasteiger partial charge on any atom is 0.333 e. The van der Waals surface area contributed by atoms with Crippen LogP contribution in [0.3, 0.4) is 0 Å². The van der Waals surface area contributed by atoms with E-state index in [-0.39, 0.29) is 98.4 Å². The number of hydrogen-bond acceptors (Lipinski definition) is 21. The summed E-state index contributed by atoms with van der Waals surface area (Å²) >= 11 is 0. The highest BCUT2D eigenvalue weighted by atomic mass is 32.2. The summed E-state index contributed by atoms with van der Waals surface area (Å²) in [5.74, 6) is -2.76. The fraction of sp³-hybridized carbons (Fsp3) is 0.400. The average Bonchev–Trinajstić information content (AvgIpc) is 3.40. The number of hydroxylamine groups is 2. The first-order valence-electron chi connectivity index (χ1n) is 24.3. The Morgan fingerprint density at radius 3 is 1.75 bits per heavy atom. The van der Waals surface area contributed by atoms with Crippen molar-refractivity contribution in [3.8, 4) is 0 Å². The third-order valence-corrected chi connectivity index (χ3v) is 18.4. The molecule has 3 aliphatic rings. The number of benzene rings is 4.